The summed E-state index contributed by atoms with van der Waals surface area (Å²) in [6.45, 7) is 1.18. The highest BCUT2D eigenvalue weighted by molar-refractivity contribution is 7.90. The van der Waals surface area contributed by atoms with Crippen molar-refractivity contribution < 1.29 is 26.7 Å². The first-order valence-corrected chi connectivity index (χ1v) is 12.5. The largest absolute Gasteiger partial charge is 0.492 e. The summed E-state index contributed by atoms with van der Waals surface area (Å²) in [5, 5.41) is 8.87. The SMILES string of the molecule is CS(=O)(=O)c1ccc(OCC2CC2)c(C(=O)N2CCN(c3c(F)cc(C#N)cc3F)CC2)c1. The van der Waals surface area contributed by atoms with Gasteiger partial charge in [0.2, 0.25) is 0 Å². The van der Waals surface area contributed by atoms with Crippen LogP contribution < -0.4 is 9.64 Å². The van der Waals surface area contributed by atoms with Gasteiger partial charge >= 0.3 is 0 Å². The van der Waals surface area contributed by atoms with Gasteiger partial charge < -0.3 is 14.5 Å². The minimum absolute atomic E-state index is 0.0185. The van der Waals surface area contributed by atoms with Gasteiger partial charge in [-0.3, -0.25) is 4.79 Å². The molecule has 0 aromatic heterocycles. The van der Waals surface area contributed by atoms with Gasteiger partial charge in [-0.05, 0) is 49.1 Å². The standard InChI is InChI=1S/C23H23F2N3O4S/c1-33(30,31)17-4-5-21(32-14-15-2-3-15)18(12-17)23(29)28-8-6-27(7-9-28)22-19(24)10-16(13-26)11-20(22)25/h4-5,10-12,15H,2-3,6-9,14H2,1H3. The maximum absolute atomic E-state index is 14.4. The minimum atomic E-state index is -3.53. The van der Waals surface area contributed by atoms with Gasteiger partial charge in [-0.2, -0.15) is 5.26 Å². The first-order valence-electron chi connectivity index (χ1n) is 10.6. The summed E-state index contributed by atoms with van der Waals surface area (Å²) < 4.78 is 58.6. The zero-order valence-corrected chi connectivity index (χ0v) is 18.9. The number of sulfone groups is 1. The zero-order chi connectivity index (χ0) is 23.8. The van der Waals surface area contributed by atoms with E-state index in [0.29, 0.717) is 18.3 Å². The molecule has 10 heteroatoms. The molecule has 1 heterocycles. The van der Waals surface area contributed by atoms with Gasteiger partial charge in [0.05, 0.1) is 28.7 Å². The van der Waals surface area contributed by atoms with Crippen LogP contribution in [0.25, 0.3) is 0 Å². The van der Waals surface area contributed by atoms with Gasteiger partial charge in [0.1, 0.15) is 11.4 Å². The van der Waals surface area contributed by atoms with Crippen LogP contribution in [0.1, 0.15) is 28.8 Å². The lowest BCUT2D eigenvalue weighted by Gasteiger charge is -2.36. The van der Waals surface area contributed by atoms with E-state index in [1.54, 1.807) is 6.07 Å². The Labute approximate surface area is 191 Å². The molecule has 0 radical (unpaired) electrons. The lowest BCUT2D eigenvalue weighted by Crippen LogP contribution is -2.49. The molecule has 2 fully saturated rings. The van der Waals surface area contributed by atoms with E-state index >= 15 is 0 Å². The van der Waals surface area contributed by atoms with Crippen LogP contribution in [0.3, 0.4) is 0 Å². The van der Waals surface area contributed by atoms with Crippen molar-refractivity contribution >= 4 is 21.4 Å². The molecule has 1 aliphatic carbocycles. The van der Waals surface area contributed by atoms with Crippen molar-refractivity contribution in [1.29, 1.82) is 5.26 Å². The number of nitriles is 1. The highest BCUT2D eigenvalue weighted by Gasteiger charge is 2.29. The van der Waals surface area contributed by atoms with Gasteiger partial charge in [-0.25, -0.2) is 17.2 Å². The summed E-state index contributed by atoms with van der Waals surface area (Å²) in [6, 6.07) is 7.93. The number of ether oxygens (including phenoxy) is 1. The van der Waals surface area contributed by atoms with Crippen molar-refractivity contribution in [1.82, 2.24) is 4.90 Å². The molecule has 4 rings (SSSR count). The Morgan fingerprint density at radius 2 is 1.76 bits per heavy atom. The van der Waals surface area contributed by atoms with Crippen LogP contribution in [0.2, 0.25) is 0 Å². The molecule has 174 valence electrons. The number of carbonyl (C=O) groups excluding carboxylic acids is 1. The number of hydrogen-bond donors (Lipinski definition) is 0. The van der Waals surface area contributed by atoms with Gasteiger partial charge in [0.15, 0.2) is 21.5 Å². The van der Waals surface area contributed by atoms with E-state index in [1.165, 1.54) is 28.0 Å². The number of piperazine rings is 1. The number of rotatable bonds is 6. The summed E-state index contributed by atoms with van der Waals surface area (Å²) in [5.41, 5.74) is -0.177. The van der Waals surface area contributed by atoms with Crippen molar-refractivity contribution in [3.05, 3.63) is 53.1 Å². The van der Waals surface area contributed by atoms with Gasteiger partial charge in [0, 0.05) is 32.4 Å². The van der Waals surface area contributed by atoms with Crippen molar-refractivity contribution in [2.24, 2.45) is 5.92 Å². The first-order chi connectivity index (χ1) is 15.7. The third-order valence-electron chi connectivity index (χ3n) is 5.81. The van der Waals surface area contributed by atoms with Crippen molar-refractivity contribution in [3.63, 3.8) is 0 Å². The summed E-state index contributed by atoms with van der Waals surface area (Å²) >= 11 is 0. The van der Waals surface area contributed by atoms with Crippen LogP contribution in [0, 0.1) is 28.9 Å². The van der Waals surface area contributed by atoms with E-state index < -0.39 is 27.4 Å². The van der Waals surface area contributed by atoms with Crippen molar-refractivity contribution in [3.8, 4) is 11.8 Å². The monoisotopic (exact) mass is 475 g/mol. The van der Waals surface area contributed by atoms with E-state index in [2.05, 4.69) is 0 Å². The molecule has 2 aromatic carbocycles. The van der Waals surface area contributed by atoms with E-state index in [4.69, 9.17) is 10.00 Å². The molecule has 1 saturated carbocycles. The molecular formula is C23H23F2N3O4S. The number of amides is 1. The fourth-order valence-corrected chi connectivity index (χ4v) is 4.41. The minimum Gasteiger partial charge on any atom is -0.492 e. The van der Waals surface area contributed by atoms with Gasteiger partial charge in [0.25, 0.3) is 5.91 Å². The first kappa shape index (κ1) is 23.0. The highest BCUT2D eigenvalue weighted by Crippen LogP contribution is 2.32. The van der Waals surface area contributed by atoms with Crippen LogP contribution in [0.15, 0.2) is 35.2 Å². The van der Waals surface area contributed by atoms with Crippen molar-refractivity contribution in [2.45, 2.75) is 17.7 Å². The average molecular weight is 476 g/mol. The molecule has 0 spiro atoms. The number of benzene rings is 2. The number of hydrogen-bond acceptors (Lipinski definition) is 6. The predicted molar refractivity (Wildman–Crippen MR) is 117 cm³/mol. The second-order valence-electron chi connectivity index (χ2n) is 8.36. The van der Waals surface area contributed by atoms with Crippen LogP contribution in [0.4, 0.5) is 14.5 Å². The Morgan fingerprint density at radius 1 is 1.12 bits per heavy atom. The Kier molecular flexibility index (Phi) is 6.26. The Morgan fingerprint density at radius 3 is 2.30 bits per heavy atom. The predicted octanol–water partition coefficient (Wildman–Crippen LogP) is 2.99. The summed E-state index contributed by atoms with van der Waals surface area (Å²) in [6.07, 6.45) is 3.20. The third-order valence-corrected chi connectivity index (χ3v) is 6.92. The van der Waals surface area contributed by atoms with E-state index in [1.807, 2.05) is 0 Å². The normalized spacial score (nSPS) is 16.4. The molecule has 1 amide bonds. The molecular weight excluding hydrogens is 452 g/mol. The second-order valence-corrected chi connectivity index (χ2v) is 10.4. The molecule has 0 N–H and O–H groups in total. The third kappa shape index (κ3) is 5.09. The molecule has 1 saturated heterocycles. The lowest BCUT2D eigenvalue weighted by molar-refractivity contribution is 0.0741. The fraction of sp³-hybridized carbons (Fsp3) is 0.391. The molecule has 0 bridgehead atoms. The smallest absolute Gasteiger partial charge is 0.257 e. The topological polar surface area (TPSA) is 90.7 Å². The molecule has 0 atom stereocenters. The zero-order valence-electron chi connectivity index (χ0n) is 18.1. The van der Waals surface area contributed by atoms with Crippen LogP contribution >= 0.6 is 0 Å². The fourth-order valence-electron chi connectivity index (χ4n) is 3.76. The Bertz CT molecular complexity index is 1210. The molecule has 0 unspecified atom stereocenters. The summed E-state index contributed by atoms with van der Waals surface area (Å²) in [4.78, 5) is 16.3. The summed E-state index contributed by atoms with van der Waals surface area (Å²) in [5.74, 6) is -1.29. The van der Waals surface area contributed by atoms with Gasteiger partial charge in [-0.15, -0.1) is 0 Å². The highest BCUT2D eigenvalue weighted by atomic mass is 32.2. The average Bonchev–Trinajstić information content (AvgIpc) is 3.61. The van der Waals surface area contributed by atoms with E-state index in [-0.39, 0.29) is 47.9 Å². The number of anilines is 1. The van der Waals surface area contributed by atoms with Crippen molar-refractivity contribution in [2.75, 3.05) is 43.9 Å². The molecule has 33 heavy (non-hydrogen) atoms. The maximum atomic E-state index is 14.4. The van der Waals surface area contributed by atoms with Crippen LogP contribution in [-0.4, -0.2) is 58.3 Å². The summed E-state index contributed by atoms with van der Waals surface area (Å²) in [7, 11) is -3.53. The van der Waals surface area contributed by atoms with Crippen LogP contribution in [0.5, 0.6) is 5.75 Å². The Balaban J connectivity index is 1.53. The molecule has 7 nitrogen and oxygen atoms in total. The van der Waals surface area contributed by atoms with E-state index in [9.17, 15) is 22.0 Å². The van der Waals surface area contributed by atoms with Crippen LogP contribution in [-0.2, 0) is 9.84 Å². The second kappa shape index (κ2) is 8.98. The quantitative estimate of drug-likeness (QED) is 0.638. The number of nitrogens with zero attached hydrogens (tertiary/aromatic N) is 3. The van der Waals surface area contributed by atoms with E-state index in [0.717, 1.165) is 31.2 Å². The molecule has 1 aliphatic heterocycles. The number of carbonyl (C=O) groups is 1. The molecule has 2 aromatic rings. The van der Waals surface area contributed by atoms with Gasteiger partial charge in [-0.1, -0.05) is 0 Å². The lowest BCUT2D eigenvalue weighted by atomic mass is 10.1. The maximum Gasteiger partial charge on any atom is 0.257 e. The Hall–Kier alpha value is -3.19. The number of halogens is 2. The molecule has 2 aliphatic rings.